The lowest BCUT2D eigenvalue weighted by Gasteiger charge is -2.12. The lowest BCUT2D eigenvalue weighted by Crippen LogP contribution is -2.23. The van der Waals surface area contributed by atoms with Crippen molar-refractivity contribution in [2.24, 2.45) is 0 Å². The third-order valence-electron chi connectivity index (χ3n) is 5.45. The number of nitrogens with zero attached hydrogens (tertiary/aromatic N) is 3. The van der Waals surface area contributed by atoms with E-state index in [-0.39, 0.29) is 5.91 Å². The average Bonchev–Trinajstić information content (AvgIpc) is 3.29. The minimum atomic E-state index is -0.0390. The van der Waals surface area contributed by atoms with Crippen molar-refractivity contribution in [3.8, 4) is 11.4 Å². The van der Waals surface area contributed by atoms with Crippen molar-refractivity contribution in [1.29, 1.82) is 0 Å². The van der Waals surface area contributed by atoms with Gasteiger partial charge in [0.15, 0.2) is 5.16 Å². The maximum absolute atomic E-state index is 12.6. The van der Waals surface area contributed by atoms with Gasteiger partial charge in [-0.15, -0.1) is 10.2 Å². The minimum Gasteiger partial charge on any atom is -0.496 e. The van der Waals surface area contributed by atoms with Crippen LogP contribution in [0.5, 0.6) is 5.75 Å². The molecule has 4 rings (SSSR count). The molecule has 0 fully saturated rings. The van der Waals surface area contributed by atoms with Crippen LogP contribution in [-0.4, -0.2) is 27.8 Å². The summed E-state index contributed by atoms with van der Waals surface area (Å²) >= 11 is 1.64. The van der Waals surface area contributed by atoms with E-state index >= 15 is 0 Å². The average molecular weight is 473 g/mol. The molecule has 0 bridgehead atoms. The van der Waals surface area contributed by atoms with Crippen molar-refractivity contribution in [3.05, 3.63) is 101 Å². The molecule has 4 aromatic rings. The van der Waals surface area contributed by atoms with Gasteiger partial charge in [-0.3, -0.25) is 9.36 Å². The summed E-state index contributed by atoms with van der Waals surface area (Å²) in [6.45, 7) is 2.49. The van der Waals surface area contributed by atoms with Crippen molar-refractivity contribution >= 4 is 17.7 Å². The Labute approximate surface area is 204 Å². The predicted octanol–water partition coefficient (Wildman–Crippen LogP) is 5.13. The maximum Gasteiger partial charge on any atom is 0.220 e. The van der Waals surface area contributed by atoms with E-state index in [1.807, 2.05) is 42.5 Å². The van der Waals surface area contributed by atoms with Gasteiger partial charge in [-0.1, -0.05) is 78.0 Å². The van der Waals surface area contributed by atoms with Crippen LogP contribution in [-0.2, 0) is 23.5 Å². The van der Waals surface area contributed by atoms with Gasteiger partial charge < -0.3 is 10.1 Å². The Morgan fingerprint density at radius 1 is 0.971 bits per heavy atom. The fourth-order valence-corrected chi connectivity index (χ4v) is 4.51. The van der Waals surface area contributed by atoms with Gasteiger partial charge in [0.2, 0.25) is 5.91 Å². The third kappa shape index (κ3) is 6.05. The van der Waals surface area contributed by atoms with E-state index in [1.54, 1.807) is 18.9 Å². The molecule has 0 aliphatic carbocycles. The van der Waals surface area contributed by atoms with E-state index in [4.69, 9.17) is 4.74 Å². The number of carbonyl (C=O) groups excluding carboxylic acids is 1. The van der Waals surface area contributed by atoms with Crippen LogP contribution >= 0.6 is 11.8 Å². The lowest BCUT2D eigenvalue weighted by molar-refractivity contribution is -0.121. The van der Waals surface area contributed by atoms with Gasteiger partial charge in [0.05, 0.1) is 7.11 Å². The van der Waals surface area contributed by atoms with Crippen LogP contribution in [0.15, 0.2) is 84.0 Å². The molecule has 1 N–H and O–H groups in total. The summed E-state index contributed by atoms with van der Waals surface area (Å²) in [7, 11) is 1.63. The molecule has 0 unspecified atom stereocenters. The van der Waals surface area contributed by atoms with Gasteiger partial charge in [-0.2, -0.15) is 0 Å². The monoisotopic (exact) mass is 472 g/mol. The lowest BCUT2D eigenvalue weighted by atomic mass is 10.2. The minimum absolute atomic E-state index is 0.0390. The van der Waals surface area contributed by atoms with E-state index in [1.165, 1.54) is 11.1 Å². The summed E-state index contributed by atoms with van der Waals surface area (Å²) in [4.78, 5) is 12.6. The summed E-state index contributed by atoms with van der Waals surface area (Å²) < 4.78 is 7.42. The van der Waals surface area contributed by atoms with Gasteiger partial charge in [-0.25, -0.2) is 0 Å². The number of rotatable bonds is 10. The highest BCUT2D eigenvalue weighted by molar-refractivity contribution is 7.98. The Bertz CT molecular complexity index is 1220. The van der Waals surface area contributed by atoms with E-state index in [2.05, 4.69) is 63.4 Å². The van der Waals surface area contributed by atoms with E-state index in [0.29, 0.717) is 19.4 Å². The van der Waals surface area contributed by atoms with Gasteiger partial charge >= 0.3 is 0 Å². The standard InChI is InChI=1S/C27H28N4O2S/c1-20-12-14-23(15-13-20)31-25(29-30-27(31)34-19-21-8-4-3-5-9-21)16-17-26(32)28-18-22-10-6-7-11-24(22)33-2/h3-15H,16-19H2,1-2H3,(H,28,32). The molecule has 1 heterocycles. The number of nitrogens with one attached hydrogen (secondary N) is 1. The number of hydrogen-bond acceptors (Lipinski definition) is 5. The molecule has 0 radical (unpaired) electrons. The van der Waals surface area contributed by atoms with Crippen LogP contribution in [0.4, 0.5) is 0 Å². The van der Waals surface area contributed by atoms with Crippen molar-refractivity contribution in [2.45, 2.75) is 37.2 Å². The molecular weight excluding hydrogens is 444 g/mol. The first-order valence-corrected chi connectivity index (χ1v) is 12.2. The van der Waals surface area contributed by atoms with Crippen molar-refractivity contribution < 1.29 is 9.53 Å². The topological polar surface area (TPSA) is 69.0 Å². The second kappa shape index (κ2) is 11.5. The molecule has 174 valence electrons. The summed E-state index contributed by atoms with van der Waals surface area (Å²) in [5, 5.41) is 12.7. The summed E-state index contributed by atoms with van der Waals surface area (Å²) in [6, 6.07) is 26.3. The summed E-state index contributed by atoms with van der Waals surface area (Å²) in [5.41, 5.74) is 4.35. The molecule has 1 amide bonds. The molecular formula is C27H28N4O2S. The number of aromatic nitrogens is 3. The first-order chi connectivity index (χ1) is 16.6. The van der Waals surface area contributed by atoms with Crippen LogP contribution in [0.3, 0.4) is 0 Å². The van der Waals surface area contributed by atoms with Crippen molar-refractivity contribution in [2.75, 3.05) is 7.11 Å². The Morgan fingerprint density at radius 2 is 1.71 bits per heavy atom. The number of hydrogen-bond donors (Lipinski definition) is 1. The Hall–Kier alpha value is -3.58. The highest BCUT2D eigenvalue weighted by Gasteiger charge is 2.16. The smallest absolute Gasteiger partial charge is 0.220 e. The largest absolute Gasteiger partial charge is 0.496 e. The number of aryl methyl sites for hydroxylation is 2. The van der Waals surface area contributed by atoms with Crippen LogP contribution in [0.25, 0.3) is 5.69 Å². The molecule has 0 saturated heterocycles. The number of ether oxygens (including phenoxy) is 1. The second-order valence-corrected chi connectivity index (χ2v) is 8.88. The van der Waals surface area contributed by atoms with E-state index in [0.717, 1.165) is 33.7 Å². The zero-order chi connectivity index (χ0) is 23.8. The second-order valence-electron chi connectivity index (χ2n) is 7.93. The number of methoxy groups -OCH3 is 1. The fourth-order valence-electron chi connectivity index (χ4n) is 3.59. The zero-order valence-corrected chi connectivity index (χ0v) is 20.2. The van der Waals surface area contributed by atoms with Crippen LogP contribution in [0.2, 0.25) is 0 Å². The normalized spacial score (nSPS) is 10.8. The van der Waals surface area contributed by atoms with Crippen molar-refractivity contribution in [3.63, 3.8) is 0 Å². The molecule has 0 saturated carbocycles. The molecule has 3 aromatic carbocycles. The highest BCUT2D eigenvalue weighted by Crippen LogP contribution is 2.26. The predicted molar refractivity (Wildman–Crippen MR) is 135 cm³/mol. The van der Waals surface area contributed by atoms with Crippen LogP contribution in [0, 0.1) is 6.92 Å². The summed E-state index contributed by atoms with van der Waals surface area (Å²) in [6.07, 6.45) is 0.813. The highest BCUT2D eigenvalue weighted by atomic mass is 32.2. The first-order valence-electron chi connectivity index (χ1n) is 11.2. The molecule has 0 aliphatic rings. The number of carbonyl (C=O) groups is 1. The third-order valence-corrected chi connectivity index (χ3v) is 6.45. The quantitative estimate of drug-likeness (QED) is 0.324. The molecule has 0 atom stereocenters. The van der Waals surface area contributed by atoms with Gasteiger partial charge in [-0.05, 0) is 30.7 Å². The van der Waals surface area contributed by atoms with E-state index in [9.17, 15) is 4.79 Å². The van der Waals surface area contributed by atoms with E-state index < -0.39 is 0 Å². The SMILES string of the molecule is COc1ccccc1CNC(=O)CCc1nnc(SCc2ccccc2)n1-c1ccc(C)cc1. The number of para-hydroxylation sites is 1. The Kier molecular flexibility index (Phi) is 7.99. The van der Waals surface area contributed by atoms with Gasteiger partial charge in [0.25, 0.3) is 0 Å². The molecule has 6 nitrogen and oxygen atoms in total. The molecule has 1 aromatic heterocycles. The number of amides is 1. The first kappa shape index (κ1) is 23.6. The molecule has 0 aliphatic heterocycles. The maximum atomic E-state index is 12.6. The molecule has 7 heteroatoms. The number of thioether (sulfide) groups is 1. The van der Waals surface area contributed by atoms with Crippen molar-refractivity contribution in [1.82, 2.24) is 20.1 Å². The zero-order valence-electron chi connectivity index (χ0n) is 19.4. The van der Waals surface area contributed by atoms with Gasteiger partial charge in [0, 0.05) is 36.4 Å². The van der Waals surface area contributed by atoms with Crippen LogP contribution < -0.4 is 10.1 Å². The molecule has 34 heavy (non-hydrogen) atoms. The van der Waals surface area contributed by atoms with Gasteiger partial charge in [0.1, 0.15) is 11.6 Å². The Morgan fingerprint density at radius 3 is 2.47 bits per heavy atom. The molecule has 0 spiro atoms. The fraction of sp³-hybridized carbons (Fsp3) is 0.222. The number of benzene rings is 3. The van der Waals surface area contributed by atoms with Crippen LogP contribution in [0.1, 0.15) is 28.9 Å². The summed E-state index contributed by atoms with van der Waals surface area (Å²) in [5.74, 6) is 2.29. The Balaban J connectivity index is 1.45.